The highest BCUT2D eigenvalue weighted by Crippen LogP contribution is 2.21. The topological polar surface area (TPSA) is 98.4 Å². The average molecular weight is 425 g/mol. The molecule has 0 aliphatic carbocycles. The van der Waals surface area contributed by atoms with E-state index in [0.29, 0.717) is 24.5 Å². The molecule has 3 aromatic rings. The number of aromatic nitrogens is 2. The first-order valence-electron chi connectivity index (χ1n) is 10.4. The fourth-order valence-corrected chi connectivity index (χ4v) is 2.94. The van der Waals surface area contributed by atoms with Crippen molar-refractivity contribution in [3.8, 4) is 5.75 Å². The monoisotopic (exact) mass is 424 g/mol. The summed E-state index contributed by atoms with van der Waals surface area (Å²) in [4.78, 5) is 25.0. The van der Waals surface area contributed by atoms with Gasteiger partial charge in [0.25, 0.3) is 11.8 Å². The van der Waals surface area contributed by atoms with E-state index >= 15 is 0 Å². The van der Waals surface area contributed by atoms with Crippen molar-refractivity contribution in [3.05, 3.63) is 64.9 Å². The summed E-state index contributed by atoms with van der Waals surface area (Å²) in [5.74, 6) is 0.640. The Kier molecular flexibility index (Phi) is 7.12. The van der Waals surface area contributed by atoms with Gasteiger partial charge < -0.3 is 19.8 Å². The Hall–Kier alpha value is -3.55. The third kappa shape index (κ3) is 5.53. The standard InChI is InChI=1S/C23H28N4O4/c1-5-11-24-23(29)21-18(13-27(6-2)26-21)25-22(28)19-10-9-17(31-19)14-30-20-12-15(3)7-8-16(20)4/h7-10,12-13H,5-6,11,14H2,1-4H3,(H,24,29)(H,25,28). The summed E-state index contributed by atoms with van der Waals surface area (Å²) >= 11 is 0. The number of amides is 2. The van der Waals surface area contributed by atoms with E-state index in [2.05, 4.69) is 15.7 Å². The Labute approximate surface area is 181 Å². The lowest BCUT2D eigenvalue weighted by molar-refractivity contribution is 0.0948. The molecule has 31 heavy (non-hydrogen) atoms. The minimum atomic E-state index is -0.460. The lowest BCUT2D eigenvalue weighted by Gasteiger charge is -2.08. The van der Waals surface area contributed by atoms with E-state index < -0.39 is 5.91 Å². The van der Waals surface area contributed by atoms with Crippen molar-refractivity contribution in [2.24, 2.45) is 0 Å². The molecule has 8 heteroatoms. The molecule has 0 fully saturated rings. The molecule has 0 unspecified atom stereocenters. The maximum absolute atomic E-state index is 12.7. The maximum atomic E-state index is 12.7. The molecule has 0 aliphatic heterocycles. The van der Waals surface area contributed by atoms with Gasteiger partial charge in [-0.15, -0.1) is 0 Å². The molecule has 2 N–H and O–H groups in total. The second kappa shape index (κ2) is 9.97. The number of aryl methyl sites for hydroxylation is 3. The van der Waals surface area contributed by atoms with Crippen molar-refractivity contribution in [2.45, 2.75) is 47.3 Å². The van der Waals surface area contributed by atoms with Crippen molar-refractivity contribution in [2.75, 3.05) is 11.9 Å². The highest BCUT2D eigenvalue weighted by molar-refractivity contribution is 6.07. The summed E-state index contributed by atoms with van der Waals surface area (Å²) in [6, 6.07) is 9.26. The highest BCUT2D eigenvalue weighted by atomic mass is 16.5. The number of carbonyl (C=O) groups excluding carboxylic acids is 2. The number of benzene rings is 1. The zero-order valence-corrected chi connectivity index (χ0v) is 18.3. The largest absolute Gasteiger partial charge is 0.485 e. The Balaban J connectivity index is 1.68. The van der Waals surface area contributed by atoms with Crippen LogP contribution in [0, 0.1) is 13.8 Å². The van der Waals surface area contributed by atoms with Gasteiger partial charge in [0.2, 0.25) is 0 Å². The Bertz CT molecular complexity index is 1070. The fourth-order valence-electron chi connectivity index (χ4n) is 2.94. The number of nitrogens with one attached hydrogen (secondary N) is 2. The first kappa shape index (κ1) is 22.1. The summed E-state index contributed by atoms with van der Waals surface area (Å²) in [5.41, 5.74) is 2.64. The quantitative estimate of drug-likeness (QED) is 0.539. The van der Waals surface area contributed by atoms with Crippen LogP contribution >= 0.6 is 0 Å². The lowest BCUT2D eigenvalue weighted by atomic mass is 10.1. The molecular formula is C23H28N4O4. The first-order chi connectivity index (χ1) is 14.9. The average Bonchev–Trinajstić information content (AvgIpc) is 3.39. The molecule has 0 spiro atoms. The van der Waals surface area contributed by atoms with Gasteiger partial charge in [-0.2, -0.15) is 5.10 Å². The predicted molar refractivity (Wildman–Crippen MR) is 117 cm³/mol. The molecule has 0 atom stereocenters. The van der Waals surface area contributed by atoms with Crippen molar-refractivity contribution < 1.29 is 18.7 Å². The van der Waals surface area contributed by atoms with Gasteiger partial charge in [0.05, 0.1) is 5.69 Å². The molecule has 2 heterocycles. The number of nitrogens with zero attached hydrogens (tertiary/aromatic N) is 2. The molecule has 2 amide bonds. The van der Waals surface area contributed by atoms with E-state index in [-0.39, 0.29) is 24.0 Å². The van der Waals surface area contributed by atoms with Crippen molar-refractivity contribution in [3.63, 3.8) is 0 Å². The van der Waals surface area contributed by atoms with Crippen molar-refractivity contribution in [1.82, 2.24) is 15.1 Å². The van der Waals surface area contributed by atoms with Crippen LogP contribution in [0.3, 0.4) is 0 Å². The number of hydrogen-bond donors (Lipinski definition) is 2. The normalized spacial score (nSPS) is 10.7. The molecular weight excluding hydrogens is 396 g/mol. The maximum Gasteiger partial charge on any atom is 0.291 e. The fraction of sp³-hybridized carbons (Fsp3) is 0.348. The second-order valence-corrected chi connectivity index (χ2v) is 7.28. The Morgan fingerprint density at radius 1 is 1.13 bits per heavy atom. The van der Waals surface area contributed by atoms with Crippen LogP contribution in [0.5, 0.6) is 5.75 Å². The third-order valence-corrected chi connectivity index (χ3v) is 4.68. The van der Waals surface area contributed by atoms with Gasteiger partial charge in [0, 0.05) is 19.3 Å². The first-order valence-corrected chi connectivity index (χ1v) is 10.4. The van der Waals surface area contributed by atoms with E-state index in [1.807, 2.05) is 45.9 Å². The molecule has 0 aliphatic rings. The minimum absolute atomic E-state index is 0.128. The second-order valence-electron chi connectivity index (χ2n) is 7.28. The molecule has 0 saturated carbocycles. The van der Waals surface area contributed by atoms with E-state index in [1.54, 1.807) is 23.0 Å². The number of anilines is 1. The molecule has 3 rings (SSSR count). The number of carbonyl (C=O) groups is 2. The zero-order chi connectivity index (χ0) is 22.4. The van der Waals surface area contributed by atoms with Crippen molar-refractivity contribution in [1.29, 1.82) is 0 Å². The molecule has 1 aromatic carbocycles. The van der Waals surface area contributed by atoms with E-state index in [1.165, 1.54) is 0 Å². The summed E-state index contributed by atoms with van der Waals surface area (Å²) < 4.78 is 13.1. The number of hydrogen-bond acceptors (Lipinski definition) is 5. The SMILES string of the molecule is CCCNC(=O)c1nn(CC)cc1NC(=O)c1ccc(COc2cc(C)ccc2C)o1. The van der Waals surface area contributed by atoms with Gasteiger partial charge in [-0.1, -0.05) is 19.1 Å². The van der Waals surface area contributed by atoms with Gasteiger partial charge in [-0.25, -0.2) is 0 Å². The summed E-state index contributed by atoms with van der Waals surface area (Å²) in [6.45, 7) is 9.15. The highest BCUT2D eigenvalue weighted by Gasteiger charge is 2.20. The number of ether oxygens (including phenoxy) is 1. The van der Waals surface area contributed by atoms with E-state index in [9.17, 15) is 9.59 Å². The summed E-state index contributed by atoms with van der Waals surface area (Å²) in [6.07, 6.45) is 2.44. The molecule has 2 aromatic heterocycles. The van der Waals surface area contributed by atoms with Crippen molar-refractivity contribution >= 4 is 17.5 Å². The lowest BCUT2D eigenvalue weighted by Crippen LogP contribution is -2.26. The van der Waals surface area contributed by atoms with Gasteiger partial charge in [0.1, 0.15) is 18.1 Å². The van der Waals surface area contributed by atoms with Crippen LogP contribution in [0.25, 0.3) is 0 Å². The van der Waals surface area contributed by atoms with Crippen LogP contribution in [-0.4, -0.2) is 28.1 Å². The Morgan fingerprint density at radius 2 is 1.94 bits per heavy atom. The molecule has 0 radical (unpaired) electrons. The molecule has 0 saturated heterocycles. The van der Waals surface area contributed by atoms with Crippen LogP contribution < -0.4 is 15.4 Å². The van der Waals surface area contributed by atoms with Crippen LogP contribution in [-0.2, 0) is 13.2 Å². The van der Waals surface area contributed by atoms with Crippen LogP contribution in [0.15, 0.2) is 40.9 Å². The molecule has 8 nitrogen and oxygen atoms in total. The van der Waals surface area contributed by atoms with Gasteiger partial charge in [-0.3, -0.25) is 14.3 Å². The zero-order valence-electron chi connectivity index (χ0n) is 18.3. The molecule has 164 valence electrons. The summed E-state index contributed by atoms with van der Waals surface area (Å²) in [5, 5.41) is 9.75. The van der Waals surface area contributed by atoms with Crippen LogP contribution in [0.4, 0.5) is 5.69 Å². The molecule has 0 bridgehead atoms. The summed E-state index contributed by atoms with van der Waals surface area (Å²) in [7, 11) is 0. The van der Waals surface area contributed by atoms with Gasteiger partial charge >= 0.3 is 0 Å². The smallest absolute Gasteiger partial charge is 0.291 e. The third-order valence-electron chi connectivity index (χ3n) is 4.68. The van der Waals surface area contributed by atoms with Gasteiger partial charge in [-0.05, 0) is 56.5 Å². The van der Waals surface area contributed by atoms with E-state index in [0.717, 1.165) is 23.3 Å². The van der Waals surface area contributed by atoms with Gasteiger partial charge in [0.15, 0.2) is 11.5 Å². The van der Waals surface area contributed by atoms with Crippen LogP contribution in [0.2, 0.25) is 0 Å². The van der Waals surface area contributed by atoms with E-state index in [4.69, 9.17) is 9.15 Å². The number of furan rings is 1. The van der Waals surface area contributed by atoms with Crippen LogP contribution in [0.1, 0.15) is 58.2 Å². The Morgan fingerprint density at radius 3 is 2.68 bits per heavy atom. The predicted octanol–water partition coefficient (Wildman–Crippen LogP) is 4.08. The number of rotatable bonds is 9. The minimum Gasteiger partial charge on any atom is -0.485 e.